The molecule has 5 rings (SSSR count). The third-order valence-corrected chi connectivity index (χ3v) is 6.93. The minimum atomic E-state index is -0.626. The van der Waals surface area contributed by atoms with E-state index in [1.165, 1.54) is 0 Å². The lowest BCUT2D eigenvalue weighted by atomic mass is 9.79. The van der Waals surface area contributed by atoms with Gasteiger partial charge in [0.15, 0.2) is 6.10 Å². The predicted octanol–water partition coefficient (Wildman–Crippen LogP) is 3.78. The molecule has 31 heavy (non-hydrogen) atoms. The first kappa shape index (κ1) is 19.8. The summed E-state index contributed by atoms with van der Waals surface area (Å²) < 4.78 is 11.2. The number of nitrogens with one attached hydrogen (secondary N) is 1. The van der Waals surface area contributed by atoms with Crippen LogP contribution >= 0.6 is 0 Å². The minimum Gasteiger partial charge on any atom is -0.483 e. The summed E-state index contributed by atoms with van der Waals surface area (Å²) >= 11 is 0. The van der Waals surface area contributed by atoms with E-state index in [2.05, 4.69) is 5.32 Å². The highest BCUT2D eigenvalue weighted by Gasteiger charge is 2.63. The van der Waals surface area contributed by atoms with E-state index >= 15 is 0 Å². The lowest BCUT2D eigenvalue weighted by Gasteiger charge is -2.23. The minimum absolute atomic E-state index is 0.0209. The van der Waals surface area contributed by atoms with E-state index in [1.807, 2.05) is 19.1 Å². The van der Waals surface area contributed by atoms with Crippen molar-refractivity contribution in [1.29, 1.82) is 0 Å². The van der Waals surface area contributed by atoms with Crippen molar-refractivity contribution in [2.45, 2.75) is 38.9 Å². The zero-order valence-electron chi connectivity index (χ0n) is 17.5. The Balaban J connectivity index is 1.20. The van der Waals surface area contributed by atoms with Gasteiger partial charge in [-0.05, 0) is 56.9 Å². The van der Waals surface area contributed by atoms with Gasteiger partial charge in [-0.15, -0.1) is 0 Å². The summed E-state index contributed by atoms with van der Waals surface area (Å²) in [6.45, 7) is 3.70. The Hall–Kier alpha value is -3.15. The molecule has 3 aliphatic rings. The molecule has 1 saturated heterocycles. The summed E-state index contributed by atoms with van der Waals surface area (Å²) in [6.07, 6.45) is 1.09. The van der Waals surface area contributed by atoms with Crippen LogP contribution in [0.3, 0.4) is 0 Å². The maximum Gasteiger partial charge on any atom is 0.310 e. The fourth-order valence-corrected chi connectivity index (χ4v) is 5.42. The molecule has 6 atom stereocenters. The number of benzene rings is 2. The van der Waals surface area contributed by atoms with Crippen LogP contribution in [0.15, 0.2) is 48.5 Å². The number of hydrogen-bond donors (Lipinski definition) is 1. The number of esters is 1. The number of carbonyl (C=O) groups excluding carboxylic acids is 3. The van der Waals surface area contributed by atoms with Crippen molar-refractivity contribution in [3.63, 3.8) is 0 Å². The Morgan fingerprint density at radius 2 is 1.77 bits per heavy atom. The molecule has 2 bridgehead atoms. The maximum atomic E-state index is 12.9. The fourth-order valence-electron chi connectivity index (χ4n) is 5.42. The largest absolute Gasteiger partial charge is 0.483 e. The smallest absolute Gasteiger partial charge is 0.310 e. The quantitative estimate of drug-likeness (QED) is 0.569. The number of hydrogen-bond acceptors (Lipinski definition) is 5. The Kier molecular flexibility index (Phi) is 4.80. The van der Waals surface area contributed by atoms with Crippen molar-refractivity contribution in [2.75, 3.05) is 5.32 Å². The Morgan fingerprint density at radius 1 is 1.06 bits per heavy atom. The molecule has 3 fully saturated rings. The van der Waals surface area contributed by atoms with Crippen molar-refractivity contribution in [3.8, 4) is 5.75 Å². The van der Waals surface area contributed by atoms with E-state index < -0.39 is 6.10 Å². The third-order valence-electron chi connectivity index (χ3n) is 6.93. The monoisotopic (exact) mass is 419 g/mol. The van der Waals surface area contributed by atoms with Crippen molar-refractivity contribution in [3.05, 3.63) is 59.7 Å². The molecule has 2 aliphatic carbocycles. The van der Waals surface area contributed by atoms with Crippen molar-refractivity contribution in [1.82, 2.24) is 0 Å². The van der Waals surface area contributed by atoms with E-state index in [0.717, 1.165) is 18.4 Å². The molecule has 2 saturated carbocycles. The molecule has 2 aromatic carbocycles. The maximum absolute atomic E-state index is 12.9. The van der Waals surface area contributed by atoms with E-state index in [1.54, 1.807) is 43.3 Å². The molecule has 6 nitrogen and oxygen atoms in total. The van der Waals surface area contributed by atoms with Crippen LogP contribution in [-0.2, 0) is 14.3 Å². The molecule has 160 valence electrons. The van der Waals surface area contributed by atoms with Gasteiger partial charge < -0.3 is 14.8 Å². The highest BCUT2D eigenvalue weighted by Crippen LogP contribution is 2.57. The standard InChI is InChI=1S/C25H25NO5/c1-13-3-5-15(6-4-13)23(27)14(2)30-18-9-7-17(8-10-18)26-24(28)21-16-11-19-20(12-16)31-25(29)22(19)21/h3-10,14,16,19-22H,11-12H2,1-2H3,(H,26,28)/t14-,16-,19+,20-,21-,22+/m1/s1. The van der Waals surface area contributed by atoms with Crippen LogP contribution in [0.2, 0.25) is 0 Å². The SMILES string of the molecule is Cc1ccc(C(=O)[C@@H](C)Oc2ccc(NC(=O)[C@@H]3[C@@H]4C[C@@H]5[C@@H]3C(=O)O[C@@H]5C4)cc2)cc1. The number of carbonyl (C=O) groups is 3. The summed E-state index contributed by atoms with van der Waals surface area (Å²) in [4.78, 5) is 37.6. The first-order valence-electron chi connectivity index (χ1n) is 10.8. The van der Waals surface area contributed by atoms with E-state index in [0.29, 0.717) is 17.0 Å². The average Bonchev–Trinajstić information content (AvgIpc) is 3.38. The van der Waals surface area contributed by atoms with Gasteiger partial charge in [0.05, 0.1) is 11.8 Å². The topological polar surface area (TPSA) is 81.7 Å². The van der Waals surface area contributed by atoms with Gasteiger partial charge in [0, 0.05) is 17.2 Å². The molecule has 6 heteroatoms. The highest BCUT2D eigenvalue weighted by atomic mass is 16.6. The van der Waals surface area contributed by atoms with E-state index in [-0.39, 0.29) is 47.4 Å². The highest BCUT2D eigenvalue weighted by molar-refractivity contribution is 5.99. The van der Waals surface area contributed by atoms with Crippen LogP contribution in [0.25, 0.3) is 0 Å². The van der Waals surface area contributed by atoms with Gasteiger partial charge in [-0.3, -0.25) is 14.4 Å². The molecule has 1 N–H and O–H groups in total. The zero-order chi connectivity index (χ0) is 21.7. The predicted molar refractivity (Wildman–Crippen MR) is 114 cm³/mol. The molecule has 0 spiro atoms. The molecule has 1 amide bonds. The normalized spacial score (nSPS) is 28.8. The van der Waals surface area contributed by atoms with Crippen molar-refractivity contribution >= 4 is 23.3 Å². The summed E-state index contributed by atoms with van der Waals surface area (Å²) in [7, 11) is 0. The first-order valence-corrected chi connectivity index (χ1v) is 10.8. The van der Waals surface area contributed by atoms with E-state index in [9.17, 15) is 14.4 Å². The van der Waals surface area contributed by atoms with Crippen LogP contribution in [0, 0.1) is 30.6 Å². The third kappa shape index (κ3) is 3.50. The van der Waals surface area contributed by atoms with Crippen LogP contribution < -0.4 is 10.1 Å². The second kappa shape index (κ2) is 7.52. The number of rotatable bonds is 6. The number of anilines is 1. The molecule has 0 aromatic heterocycles. The van der Waals surface area contributed by atoms with Gasteiger partial charge in [0.2, 0.25) is 11.7 Å². The number of fused-ring (bicyclic) bond motifs is 1. The number of ether oxygens (including phenoxy) is 2. The van der Waals surface area contributed by atoms with Gasteiger partial charge in [0.25, 0.3) is 0 Å². The molecule has 2 aromatic rings. The molecular weight excluding hydrogens is 394 g/mol. The number of ketones is 1. The van der Waals surface area contributed by atoms with Crippen LogP contribution in [-0.4, -0.2) is 29.9 Å². The Morgan fingerprint density at radius 3 is 2.48 bits per heavy atom. The molecule has 0 radical (unpaired) electrons. The van der Waals surface area contributed by atoms with Gasteiger partial charge >= 0.3 is 5.97 Å². The summed E-state index contributed by atoms with van der Waals surface area (Å²) in [5, 5.41) is 2.94. The van der Waals surface area contributed by atoms with Crippen LogP contribution in [0.5, 0.6) is 5.75 Å². The van der Waals surface area contributed by atoms with Crippen LogP contribution in [0.1, 0.15) is 35.7 Å². The van der Waals surface area contributed by atoms with Gasteiger partial charge in [-0.2, -0.15) is 0 Å². The summed E-state index contributed by atoms with van der Waals surface area (Å²) in [5.74, 6) is -0.0420. The zero-order valence-corrected chi connectivity index (χ0v) is 17.5. The number of aryl methyl sites for hydroxylation is 1. The lowest BCUT2D eigenvalue weighted by Crippen LogP contribution is -2.35. The molecule has 1 heterocycles. The number of Topliss-reactive ketones (excluding diaryl/α,β-unsaturated/α-hetero) is 1. The molecule has 1 aliphatic heterocycles. The van der Waals surface area contributed by atoms with Crippen LogP contribution in [0.4, 0.5) is 5.69 Å². The first-order chi connectivity index (χ1) is 14.9. The second-order valence-electron chi connectivity index (χ2n) is 8.93. The van der Waals surface area contributed by atoms with Crippen molar-refractivity contribution in [2.24, 2.45) is 23.7 Å². The molecule has 0 unspecified atom stereocenters. The lowest BCUT2D eigenvalue weighted by molar-refractivity contribution is -0.145. The average molecular weight is 419 g/mol. The van der Waals surface area contributed by atoms with Gasteiger partial charge in [0.1, 0.15) is 11.9 Å². The van der Waals surface area contributed by atoms with Gasteiger partial charge in [-0.25, -0.2) is 0 Å². The fraction of sp³-hybridized carbons (Fsp3) is 0.400. The van der Waals surface area contributed by atoms with Gasteiger partial charge in [-0.1, -0.05) is 29.8 Å². The summed E-state index contributed by atoms with van der Waals surface area (Å²) in [6, 6.07) is 14.4. The number of amides is 1. The Labute approximate surface area is 180 Å². The van der Waals surface area contributed by atoms with E-state index in [4.69, 9.17) is 9.47 Å². The molecular formula is C25H25NO5. The Bertz CT molecular complexity index is 1030. The summed E-state index contributed by atoms with van der Waals surface area (Å²) in [5.41, 5.74) is 2.35. The van der Waals surface area contributed by atoms with Crippen molar-refractivity contribution < 1.29 is 23.9 Å². The second-order valence-corrected chi connectivity index (χ2v) is 8.93.